The van der Waals surface area contributed by atoms with E-state index in [9.17, 15) is 9.59 Å². The van der Waals surface area contributed by atoms with Crippen LogP contribution in [-0.4, -0.2) is 18.0 Å². The summed E-state index contributed by atoms with van der Waals surface area (Å²) >= 11 is 0. The molecule has 1 aliphatic rings. The smallest absolute Gasteiger partial charge is 0.322 e. The second-order valence-corrected chi connectivity index (χ2v) is 5.72. The first-order chi connectivity index (χ1) is 11.0. The van der Waals surface area contributed by atoms with Crippen LogP contribution in [0, 0.1) is 0 Å². The van der Waals surface area contributed by atoms with Gasteiger partial charge in [-0.3, -0.25) is 10.1 Å². The van der Waals surface area contributed by atoms with Crippen LogP contribution in [0.15, 0.2) is 54.6 Å². The van der Waals surface area contributed by atoms with Gasteiger partial charge in [0.05, 0.1) is 6.10 Å². The average molecular weight is 310 g/mol. The summed E-state index contributed by atoms with van der Waals surface area (Å²) in [7, 11) is 0. The van der Waals surface area contributed by atoms with E-state index in [1.807, 2.05) is 44.2 Å². The zero-order valence-corrected chi connectivity index (χ0v) is 13.0. The summed E-state index contributed by atoms with van der Waals surface area (Å²) in [5.41, 5.74) is 0.179. The fraction of sp³-hybridized carbons (Fsp3) is 0.222. The van der Waals surface area contributed by atoms with E-state index in [2.05, 4.69) is 10.6 Å². The Morgan fingerprint density at radius 2 is 1.52 bits per heavy atom. The molecule has 2 aromatic carbocycles. The highest BCUT2D eigenvalue weighted by Gasteiger charge is 2.49. The second kappa shape index (κ2) is 5.76. The van der Waals surface area contributed by atoms with Crippen LogP contribution in [0.3, 0.4) is 0 Å². The first-order valence-electron chi connectivity index (χ1n) is 7.48. The highest BCUT2D eigenvalue weighted by Crippen LogP contribution is 2.33. The fourth-order valence-electron chi connectivity index (χ4n) is 2.77. The van der Waals surface area contributed by atoms with E-state index in [0.29, 0.717) is 11.1 Å². The molecule has 3 rings (SSSR count). The molecule has 0 spiro atoms. The van der Waals surface area contributed by atoms with E-state index in [4.69, 9.17) is 4.74 Å². The van der Waals surface area contributed by atoms with Crippen LogP contribution >= 0.6 is 0 Å². The Bertz CT molecular complexity index is 726. The Balaban J connectivity index is 2.07. The lowest BCUT2D eigenvalue weighted by Crippen LogP contribution is -2.44. The summed E-state index contributed by atoms with van der Waals surface area (Å²) < 4.78 is 5.63. The van der Waals surface area contributed by atoms with Gasteiger partial charge in [0.1, 0.15) is 5.75 Å². The lowest BCUT2D eigenvalue weighted by atomic mass is 9.83. The van der Waals surface area contributed by atoms with Crippen molar-refractivity contribution in [1.29, 1.82) is 0 Å². The van der Waals surface area contributed by atoms with Crippen molar-refractivity contribution in [2.24, 2.45) is 0 Å². The summed E-state index contributed by atoms with van der Waals surface area (Å²) in [4.78, 5) is 24.3. The largest absolute Gasteiger partial charge is 0.491 e. The first-order valence-corrected chi connectivity index (χ1v) is 7.48. The van der Waals surface area contributed by atoms with Crippen LogP contribution in [0.1, 0.15) is 25.0 Å². The molecule has 2 aromatic rings. The number of rotatable bonds is 4. The third-order valence-electron chi connectivity index (χ3n) is 3.73. The average Bonchev–Trinajstić information content (AvgIpc) is 2.84. The van der Waals surface area contributed by atoms with Crippen molar-refractivity contribution in [2.45, 2.75) is 25.5 Å². The molecule has 1 atom stereocenters. The zero-order valence-electron chi connectivity index (χ0n) is 13.0. The minimum Gasteiger partial charge on any atom is -0.491 e. The van der Waals surface area contributed by atoms with Gasteiger partial charge in [-0.05, 0) is 37.1 Å². The van der Waals surface area contributed by atoms with Gasteiger partial charge in [-0.2, -0.15) is 0 Å². The molecule has 0 radical (unpaired) electrons. The minimum absolute atomic E-state index is 0.0680. The molecule has 5 nitrogen and oxygen atoms in total. The Morgan fingerprint density at radius 1 is 0.913 bits per heavy atom. The number of imide groups is 1. The van der Waals surface area contributed by atoms with Gasteiger partial charge in [0.25, 0.3) is 5.91 Å². The molecule has 1 saturated heterocycles. The highest BCUT2D eigenvalue weighted by molar-refractivity contribution is 6.09. The molecule has 23 heavy (non-hydrogen) atoms. The van der Waals surface area contributed by atoms with E-state index >= 15 is 0 Å². The van der Waals surface area contributed by atoms with Gasteiger partial charge in [-0.1, -0.05) is 42.5 Å². The standard InChI is InChI=1S/C18H18N2O3/c1-12(2)23-15-10-8-14(9-11-15)18(13-6-4-3-5-7-13)16(21)19-17(22)20-18/h3-12H,1-2H3,(H2,19,20,21,22). The van der Waals surface area contributed by atoms with E-state index in [1.165, 1.54) is 0 Å². The number of hydrogen-bond acceptors (Lipinski definition) is 3. The molecular formula is C18H18N2O3. The summed E-state index contributed by atoms with van der Waals surface area (Å²) in [6.45, 7) is 3.90. The Hall–Kier alpha value is -2.82. The normalized spacial score (nSPS) is 20.3. The molecule has 1 unspecified atom stereocenters. The van der Waals surface area contributed by atoms with Crippen LogP contribution in [-0.2, 0) is 10.3 Å². The van der Waals surface area contributed by atoms with Crippen molar-refractivity contribution in [1.82, 2.24) is 10.6 Å². The first kappa shape index (κ1) is 15.1. The maximum atomic E-state index is 12.5. The number of urea groups is 1. The monoisotopic (exact) mass is 310 g/mol. The number of carbonyl (C=O) groups is 2. The van der Waals surface area contributed by atoms with Gasteiger partial charge >= 0.3 is 6.03 Å². The molecule has 2 N–H and O–H groups in total. The molecule has 0 bridgehead atoms. The Kier molecular flexibility index (Phi) is 3.78. The molecule has 0 aromatic heterocycles. The summed E-state index contributed by atoms with van der Waals surface area (Å²) in [6, 6.07) is 15.9. The number of hydrogen-bond donors (Lipinski definition) is 2. The van der Waals surface area contributed by atoms with Gasteiger partial charge < -0.3 is 10.1 Å². The van der Waals surface area contributed by atoms with Crippen molar-refractivity contribution in [2.75, 3.05) is 0 Å². The van der Waals surface area contributed by atoms with Crippen LogP contribution in [0.2, 0.25) is 0 Å². The topological polar surface area (TPSA) is 67.4 Å². The SMILES string of the molecule is CC(C)Oc1ccc(C2(c3ccccc3)NC(=O)NC2=O)cc1. The van der Waals surface area contributed by atoms with Crippen LogP contribution < -0.4 is 15.4 Å². The van der Waals surface area contributed by atoms with Gasteiger partial charge in [0.15, 0.2) is 5.54 Å². The van der Waals surface area contributed by atoms with Crippen molar-refractivity contribution in [3.63, 3.8) is 0 Å². The molecule has 3 amide bonds. The molecule has 0 aliphatic carbocycles. The lowest BCUT2D eigenvalue weighted by molar-refractivity contribution is -0.122. The maximum absolute atomic E-state index is 12.5. The second-order valence-electron chi connectivity index (χ2n) is 5.72. The molecule has 0 saturated carbocycles. The predicted octanol–water partition coefficient (Wildman–Crippen LogP) is 2.56. The van der Waals surface area contributed by atoms with Crippen molar-refractivity contribution < 1.29 is 14.3 Å². The zero-order chi connectivity index (χ0) is 16.4. The molecule has 1 fully saturated rings. The summed E-state index contributed by atoms with van der Waals surface area (Å²) in [6.07, 6.45) is 0.0680. The van der Waals surface area contributed by atoms with Gasteiger partial charge in [0, 0.05) is 0 Å². The van der Waals surface area contributed by atoms with Crippen LogP contribution in [0.25, 0.3) is 0 Å². The van der Waals surface area contributed by atoms with E-state index in [0.717, 1.165) is 5.75 Å². The van der Waals surface area contributed by atoms with Crippen molar-refractivity contribution >= 4 is 11.9 Å². The summed E-state index contributed by atoms with van der Waals surface area (Å²) in [5, 5.41) is 5.10. The van der Waals surface area contributed by atoms with E-state index in [-0.39, 0.29) is 12.0 Å². The molecule has 1 aliphatic heterocycles. The van der Waals surface area contributed by atoms with Crippen molar-refractivity contribution in [3.8, 4) is 5.75 Å². The molecule has 118 valence electrons. The van der Waals surface area contributed by atoms with Gasteiger partial charge in [-0.25, -0.2) is 4.79 Å². The quantitative estimate of drug-likeness (QED) is 0.853. The lowest BCUT2D eigenvalue weighted by Gasteiger charge is -2.27. The number of ether oxygens (including phenoxy) is 1. The maximum Gasteiger partial charge on any atom is 0.322 e. The third-order valence-corrected chi connectivity index (χ3v) is 3.73. The molecular weight excluding hydrogens is 292 g/mol. The minimum atomic E-state index is -1.21. The number of benzene rings is 2. The Labute approximate surface area is 134 Å². The van der Waals surface area contributed by atoms with Crippen LogP contribution in [0.5, 0.6) is 5.75 Å². The predicted molar refractivity (Wildman–Crippen MR) is 86.1 cm³/mol. The number of nitrogens with one attached hydrogen (secondary N) is 2. The van der Waals surface area contributed by atoms with Crippen molar-refractivity contribution in [3.05, 3.63) is 65.7 Å². The third kappa shape index (κ3) is 2.65. The summed E-state index contributed by atoms with van der Waals surface area (Å²) in [5.74, 6) is 0.336. The molecule has 5 heteroatoms. The van der Waals surface area contributed by atoms with Crippen LogP contribution in [0.4, 0.5) is 4.79 Å². The van der Waals surface area contributed by atoms with E-state index in [1.54, 1.807) is 24.3 Å². The number of carbonyl (C=O) groups excluding carboxylic acids is 2. The molecule has 1 heterocycles. The Morgan fingerprint density at radius 3 is 2.04 bits per heavy atom. The van der Waals surface area contributed by atoms with E-state index < -0.39 is 11.6 Å². The van der Waals surface area contributed by atoms with Gasteiger partial charge in [-0.15, -0.1) is 0 Å². The number of amides is 3. The van der Waals surface area contributed by atoms with Gasteiger partial charge in [0.2, 0.25) is 0 Å². The fourth-order valence-corrected chi connectivity index (χ4v) is 2.77. The highest BCUT2D eigenvalue weighted by atomic mass is 16.5.